The van der Waals surface area contributed by atoms with Crippen LogP contribution in [0.4, 0.5) is 0 Å². The highest BCUT2D eigenvalue weighted by Crippen LogP contribution is 2.26. The van der Waals surface area contributed by atoms with Crippen molar-refractivity contribution in [1.29, 1.82) is 0 Å². The average molecular weight is 350 g/mol. The molecule has 0 N–H and O–H groups in total. The Labute approximate surface area is 147 Å². The predicted molar refractivity (Wildman–Crippen MR) is 101 cm³/mol. The molecule has 0 aliphatic heterocycles. The molecule has 2 aromatic heterocycles. The highest BCUT2D eigenvalue weighted by molar-refractivity contribution is 7.98. The molecule has 2 heterocycles. The van der Waals surface area contributed by atoms with Crippen LogP contribution in [0.25, 0.3) is 16.6 Å². The Bertz CT molecular complexity index is 1020. The minimum atomic E-state index is -0.0273. The number of rotatable bonds is 4. The van der Waals surface area contributed by atoms with Gasteiger partial charge in [-0.25, -0.2) is 4.98 Å². The van der Waals surface area contributed by atoms with E-state index in [0.717, 1.165) is 22.1 Å². The molecule has 24 heavy (non-hydrogen) atoms. The van der Waals surface area contributed by atoms with Gasteiger partial charge in [0.1, 0.15) is 0 Å². The van der Waals surface area contributed by atoms with Crippen molar-refractivity contribution >= 4 is 34.0 Å². The van der Waals surface area contributed by atoms with Crippen LogP contribution in [0.1, 0.15) is 4.88 Å². The lowest BCUT2D eigenvalue weighted by molar-refractivity contribution is 0.820. The van der Waals surface area contributed by atoms with Crippen molar-refractivity contribution in [3.8, 4) is 5.69 Å². The van der Waals surface area contributed by atoms with Gasteiger partial charge in [0.15, 0.2) is 5.16 Å². The zero-order valence-electron chi connectivity index (χ0n) is 12.8. The fraction of sp³-hybridized carbons (Fsp3) is 0.0526. The van der Waals surface area contributed by atoms with E-state index in [1.54, 1.807) is 27.7 Å². The molecule has 0 saturated carbocycles. The summed E-state index contributed by atoms with van der Waals surface area (Å²) in [5.41, 5.74) is 1.55. The number of para-hydroxylation sites is 2. The van der Waals surface area contributed by atoms with Crippen molar-refractivity contribution in [2.45, 2.75) is 10.9 Å². The van der Waals surface area contributed by atoms with Crippen molar-refractivity contribution in [2.24, 2.45) is 0 Å². The lowest BCUT2D eigenvalue weighted by Crippen LogP contribution is -2.21. The number of thioether (sulfide) groups is 1. The summed E-state index contributed by atoms with van der Waals surface area (Å²) < 4.78 is 1.71. The highest BCUT2D eigenvalue weighted by Gasteiger charge is 2.13. The third kappa shape index (κ3) is 2.88. The number of thiophene rings is 1. The van der Waals surface area contributed by atoms with Gasteiger partial charge >= 0.3 is 0 Å². The highest BCUT2D eigenvalue weighted by atomic mass is 32.2. The van der Waals surface area contributed by atoms with Crippen LogP contribution in [0, 0.1) is 0 Å². The van der Waals surface area contributed by atoms with Crippen LogP contribution in [0.3, 0.4) is 0 Å². The van der Waals surface area contributed by atoms with Gasteiger partial charge in [0.05, 0.1) is 16.6 Å². The lowest BCUT2D eigenvalue weighted by atomic mass is 10.2. The fourth-order valence-electron chi connectivity index (χ4n) is 2.54. The SMILES string of the molecule is O=c1c2ccccc2nc(SCc2cccs2)n1-c1ccccc1. The average Bonchev–Trinajstić information content (AvgIpc) is 3.14. The van der Waals surface area contributed by atoms with Crippen molar-refractivity contribution in [3.63, 3.8) is 0 Å². The van der Waals surface area contributed by atoms with Crippen molar-refractivity contribution < 1.29 is 0 Å². The van der Waals surface area contributed by atoms with E-state index >= 15 is 0 Å². The fourth-order valence-corrected chi connectivity index (χ4v) is 4.33. The summed E-state index contributed by atoms with van der Waals surface area (Å²) >= 11 is 3.31. The van der Waals surface area contributed by atoms with E-state index < -0.39 is 0 Å². The maximum atomic E-state index is 13.0. The first-order valence-corrected chi connectivity index (χ1v) is 9.42. The van der Waals surface area contributed by atoms with Crippen LogP contribution in [-0.2, 0) is 5.75 Å². The van der Waals surface area contributed by atoms with Gasteiger partial charge in [-0.15, -0.1) is 11.3 Å². The summed E-state index contributed by atoms with van der Waals surface area (Å²) in [6.45, 7) is 0. The van der Waals surface area contributed by atoms with Gasteiger partial charge < -0.3 is 0 Å². The second kappa shape index (κ2) is 6.63. The molecule has 0 aliphatic rings. The van der Waals surface area contributed by atoms with Crippen LogP contribution in [-0.4, -0.2) is 9.55 Å². The van der Waals surface area contributed by atoms with E-state index in [1.807, 2.05) is 60.7 Å². The monoisotopic (exact) mass is 350 g/mol. The van der Waals surface area contributed by atoms with Gasteiger partial charge in [-0.05, 0) is 35.7 Å². The van der Waals surface area contributed by atoms with Crippen LogP contribution in [0.15, 0.2) is 82.1 Å². The van der Waals surface area contributed by atoms with Gasteiger partial charge in [-0.1, -0.05) is 48.2 Å². The van der Waals surface area contributed by atoms with Crippen molar-refractivity contribution in [1.82, 2.24) is 9.55 Å². The third-order valence-corrected chi connectivity index (χ3v) is 5.73. The second-order valence-corrected chi connectivity index (χ2v) is 7.23. The molecule has 0 radical (unpaired) electrons. The molecule has 5 heteroatoms. The molecule has 0 aliphatic carbocycles. The summed E-state index contributed by atoms with van der Waals surface area (Å²) in [4.78, 5) is 19.0. The quantitative estimate of drug-likeness (QED) is 0.394. The Hall–Kier alpha value is -2.37. The molecule has 0 atom stereocenters. The van der Waals surface area contributed by atoms with Gasteiger partial charge in [-0.3, -0.25) is 9.36 Å². The topological polar surface area (TPSA) is 34.9 Å². The number of benzene rings is 2. The first kappa shape index (κ1) is 15.2. The van der Waals surface area contributed by atoms with Crippen LogP contribution < -0.4 is 5.56 Å². The minimum Gasteiger partial charge on any atom is -0.268 e. The number of aromatic nitrogens is 2. The maximum Gasteiger partial charge on any atom is 0.266 e. The van der Waals surface area contributed by atoms with Crippen LogP contribution in [0.2, 0.25) is 0 Å². The Balaban J connectivity index is 1.88. The van der Waals surface area contributed by atoms with E-state index in [-0.39, 0.29) is 5.56 Å². The van der Waals surface area contributed by atoms with E-state index in [1.165, 1.54) is 4.88 Å². The zero-order chi connectivity index (χ0) is 16.4. The smallest absolute Gasteiger partial charge is 0.266 e. The number of nitrogens with zero attached hydrogens (tertiary/aromatic N) is 2. The molecule has 4 aromatic rings. The molecule has 2 aromatic carbocycles. The van der Waals surface area contributed by atoms with Gasteiger partial charge in [0, 0.05) is 10.6 Å². The van der Waals surface area contributed by atoms with Gasteiger partial charge in [0.25, 0.3) is 5.56 Å². The normalized spacial score (nSPS) is 11.0. The summed E-state index contributed by atoms with van der Waals surface area (Å²) in [6.07, 6.45) is 0. The molecule has 4 rings (SSSR count). The van der Waals surface area contributed by atoms with Crippen LogP contribution >= 0.6 is 23.1 Å². The standard InChI is InChI=1S/C19H14N2OS2/c22-18-16-10-4-5-11-17(16)20-19(24-13-15-9-6-12-23-15)21(18)14-7-2-1-3-8-14/h1-12H,13H2. The minimum absolute atomic E-state index is 0.0273. The summed E-state index contributed by atoms with van der Waals surface area (Å²) in [5.74, 6) is 0.801. The van der Waals surface area contributed by atoms with E-state index in [0.29, 0.717) is 5.39 Å². The van der Waals surface area contributed by atoms with Crippen molar-refractivity contribution in [3.05, 3.63) is 87.3 Å². The summed E-state index contributed by atoms with van der Waals surface area (Å²) in [6, 6.07) is 21.3. The first-order chi connectivity index (χ1) is 11.8. The molecule has 0 spiro atoms. The van der Waals surface area contributed by atoms with Gasteiger partial charge in [0.2, 0.25) is 0 Å². The Morgan fingerprint density at radius 3 is 2.54 bits per heavy atom. The summed E-state index contributed by atoms with van der Waals surface area (Å²) in [5, 5.41) is 3.42. The lowest BCUT2D eigenvalue weighted by Gasteiger charge is -2.12. The largest absolute Gasteiger partial charge is 0.268 e. The maximum absolute atomic E-state index is 13.0. The second-order valence-electron chi connectivity index (χ2n) is 5.26. The summed E-state index contributed by atoms with van der Waals surface area (Å²) in [7, 11) is 0. The number of fused-ring (bicyclic) bond motifs is 1. The molecule has 0 bridgehead atoms. The molecule has 3 nitrogen and oxygen atoms in total. The predicted octanol–water partition coefficient (Wildman–Crippen LogP) is 4.74. The first-order valence-electron chi connectivity index (χ1n) is 7.55. The molecule has 118 valence electrons. The Morgan fingerprint density at radius 1 is 0.958 bits per heavy atom. The molecular weight excluding hydrogens is 336 g/mol. The molecule has 0 unspecified atom stereocenters. The number of hydrogen-bond donors (Lipinski definition) is 0. The van der Waals surface area contributed by atoms with E-state index in [4.69, 9.17) is 4.98 Å². The zero-order valence-corrected chi connectivity index (χ0v) is 14.4. The van der Waals surface area contributed by atoms with E-state index in [9.17, 15) is 4.79 Å². The Kier molecular flexibility index (Phi) is 4.19. The van der Waals surface area contributed by atoms with E-state index in [2.05, 4.69) is 11.4 Å². The third-order valence-electron chi connectivity index (χ3n) is 3.68. The molecule has 0 fully saturated rings. The molecule has 0 amide bonds. The molecule has 0 saturated heterocycles. The molecular formula is C19H14N2OS2. The Morgan fingerprint density at radius 2 is 1.75 bits per heavy atom. The van der Waals surface area contributed by atoms with Crippen molar-refractivity contribution in [2.75, 3.05) is 0 Å². The van der Waals surface area contributed by atoms with Gasteiger partial charge in [-0.2, -0.15) is 0 Å². The number of hydrogen-bond acceptors (Lipinski definition) is 4. The van der Waals surface area contributed by atoms with Crippen LogP contribution in [0.5, 0.6) is 0 Å².